The molecule has 0 aliphatic rings. The van der Waals surface area contributed by atoms with E-state index in [1.165, 1.54) is 4.57 Å². The zero-order valence-corrected chi connectivity index (χ0v) is 16.4. The Bertz CT molecular complexity index is 1110. The standard InChI is InChI=1S/C18H13BrF2N2O3S/c1-2-26-15(24)9-23-16-13(21)7-10(20)8-14(16)27-18(23)22-17(25)11-5-3-4-6-12(11)19/h3-8H,2,9H2,1H3. The predicted octanol–water partition coefficient (Wildman–Crippen LogP) is 4.05. The zero-order valence-electron chi connectivity index (χ0n) is 14.0. The Labute approximate surface area is 165 Å². The number of nitrogens with zero attached hydrogens (tertiary/aromatic N) is 2. The smallest absolute Gasteiger partial charge is 0.326 e. The van der Waals surface area contributed by atoms with Gasteiger partial charge in [0.15, 0.2) is 10.6 Å². The maximum atomic E-state index is 14.3. The van der Waals surface area contributed by atoms with Crippen molar-refractivity contribution in [2.75, 3.05) is 6.61 Å². The Morgan fingerprint density at radius 3 is 2.70 bits per heavy atom. The number of hydrogen-bond acceptors (Lipinski definition) is 4. The lowest BCUT2D eigenvalue weighted by Gasteiger charge is -2.06. The number of benzene rings is 2. The van der Waals surface area contributed by atoms with E-state index in [-0.39, 0.29) is 28.2 Å². The van der Waals surface area contributed by atoms with E-state index in [0.717, 1.165) is 23.5 Å². The molecule has 1 aromatic heterocycles. The summed E-state index contributed by atoms with van der Waals surface area (Å²) in [5.74, 6) is -2.79. The minimum Gasteiger partial charge on any atom is -0.465 e. The third kappa shape index (κ3) is 4.14. The summed E-state index contributed by atoms with van der Waals surface area (Å²) < 4.78 is 34.8. The molecule has 0 aliphatic carbocycles. The minimum atomic E-state index is -0.847. The maximum Gasteiger partial charge on any atom is 0.326 e. The number of thiazole rings is 1. The third-order valence-corrected chi connectivity index (χ3v) is 5.31. The molecule has 0 unspecified atom stereocenters. The zero-order chi connectivity index (χ0) is 19.6. The van der Waals surface area contributed by atoms with E-state index >= 15 is 0 Å². The summed E-state index contributed by atoms with van der Waals surface area (Å²) in [6, 6.07) is 8.55. The molecule has 5 nitrogen and oxygen atoms in total. The Morgan fingerprint density at radius 1 is 1.26 bits per heavy atom. The van der Waals surface area contributed by atoms with Crippen molar-refractivity contribution >= 4 is 49.4 Å². The molecule has 0 bridgehead atoms. The third-order valence-electron chi connectivity index (χ3n) is 3.59. The number of carbonyl (C=O) groups is 2. The van der Waals surface area contributed by atoms with Gasteiger partial charge in [0.2, 0.25) is 0 Å². The van der Waals surface area contributed by atoms with E-state index in [0.29, 0.717) is 10.0 Å². The molecule has 1 heterocycles. The van der Waals surface area contributed by atoms with Gasteiger partial charge in [-0.2, -0.15) is 4.99 Å². The molecular weight excluding hydrogens is 442 g/mol. The molecule has 1 amide bonds. The molecule has 140 valence electrons. The van der Waals surface area contributed by atoms with Crippen LogP contribution in [0.1, 0.15) is 17.3 Å². The number of rotatable bonds is 4. The highest BCUT2D eigenvalue weighted by molar-refractivity contribution is 9.10. The lowest BCUT2D eigenvalue weighted by Crippen LogP contribution is -2.23. The molecular formula is C18H13BrF2N2O3S. The molecule has 0 saturated heterocycles. The normalized spacial score (nSPS) is 11.8. The molecule has 0 radical (unpaired) electrons. The Hall–Kier alpha value is -2.39. The highest BCUT2D eigenvalue weighted by atomic mass is 79.9. The molecule has 3 rings (SSSR count). The average molecular weight is 455 g/mol. The highest BCUT2D eigenvalue weighted by Crippen LogP contribution is 2.23. The molecule has 27 heavy (non-hydrogen) atoms. The Kier molecular flexibility index (Phi) is 5.81. The summed E-state index contributed by atoms with van der Waals surface area (Å²) >= 11 is 4.19. The molecule has 0 spiro atoms. The van der Waals surface area contributed by atoms with Crippen molar-refractivity contribution in [3.63, 3.8) is 0 Å². The lowest BCUT2D eigenvalue weighted by atomic mass is 10.2. The van der Waals surface area contributed by atoms with Crippen molar-refractivity contribution in [3.05, 3.63) is 62.9 Å². The second-order valence-electron chi connectivity index (χ2n) is 5.41. The predicted molar refractivity (Wildman–Crippen MR) is 100 cm³/mol. The van der Waals surface area contributed by atoms with Crippen molar-refractivity contribution in [1.82, 2.24) is 4.57 Å². The molecule has 3 aromatic rings. The van der Waals surface area contributed by atoms with Crippen LogP contribution in [0.15, 0.2) is 45.9 Å². The molecule has 0 fully saturated rings. The fourth-order valence-corrected chi connectivity index (χ4v) is 4.00. The van der Waals surface area contributed by atoms with E-state index in [1.807, 2.05) is 0 Å². The largest absolute Gasteiger partial charge is 0.465 e. The average Bonchev–Trinajstić information content (AvgIpc) is 2.92. The fourth-order valence-electron chi connectivity index (χ4n) is 2.48. The molecule has 9 heteroatoms. The van der Waals surface area contributed by atoms with E-state index < -0.39 is 23.5 Å². The van der Waals surface area contributed by atoms with Crippen LogP contribution in [0.4, 0.5) is 8.78 Å². The van der Waals surface area contributed by atoms with Gasteiger partial charge in [-0.3, -0.25) is 9.59 Å². The first-order chi connectivity index (χ1) is 12.9. The van der Waals surface area contributed by atoms with Crippen molar-refractivity contribution < 1.29 is 23.1 Å². The second kappa shape index (κ2) is 8.10. The minimum absolute atomic E-state index is 0.00636. The van der Waals surface area contributed by atoms with Gasteiger partial charge in [-0.25, -0.2) is 8.78 Å². The first kappa shape index (κ1) is 19.4. The van der Waals surface area contributed by atoms with Crippen molar-refractivity contribution in [2.45, 2.75) is 13.5 Å². The first-order valence-corrected chi connectivity index (χ1v) is 9.49. The number of carbonyl (C=O) groups excluding carboxylic acids is 2. The van der Waals surface area contributed by atoms with Crippen LogP contribution >= 0.6 is 27.3 Å². The van der Waals surface area contributed by atoms with Gasteiger partial charge in [-0.05, 0) is 41.1 Å². The summed E-state index contributed by atoms with van der Waals surface area (Å²) in [4.78, 5) is 28.6. The van der Waals surface area contributed by atoms with E-state index in [2.05, 4.69) is 20.9 Å². The SMILES string of the molecule is CCOC(=O)Cn1c(=NC(=O)c2ccccc2Br)sc2cc(F)cc(F)c21. The van der Waals surface area contributed by atoms with Gasteiger partial charge in [0.1, 0.15) is 12.4 Å². The first-order valence-electron chi connectivity index (χ1n) is 7.88. The Balaban J connectivity index is 2.19. The molecule has 0 N–H and O–H groups in total. The second-order valence-corrected chi connectivity index (χ2v) is 7.27. The number of ether oxygens (including phenoxy) is 1. The fraction of sp³-hybridized carbons (Fsp3) is 0.167. The number of fused-ring (bicyclic) bond motifs is 1. The van der Waals surface area contributed by atoms with Crippen LogP contribution in [0, 0.1) is 11.6 Å². The van der Waals surface area contributed by atoms with Crippen LogP contribution in [0.2, 0.25) is 0 Å². The van der Waals surface area contributed by atoms with Crippen molar-refractivity contribution in [1.29, 1.82) is 0 Å². The molecule has 0 atom stereocenters. The highest BCUT2D eigenvalue weighted by Gasteiger charge is 2.17. The van der Waals surface area contributed by atoms with Gasteiger partial charge in [-0.15, -0.1) is 0 Å². The van der Waals surface area contributed by atoms with Gasteiger partial charge < -0.3 is 9.30 Å². The summed E-state index contributed by atoms with van der Waals surface area (Å²) in [5, 5.41) is 0. The summed E-state index contributed by atoms with van der Waals surface area (Å²) in [6.45, 7) is 1.45. The summed E-state index contributed by atoms with van der Waals surface area (Å²) in [7, 11) is 0. The quantitative estimate of drug-likeness (QED) is 0.558. The molecule has 0 saturated carbocycles. The monoisotopic (exact) mass is 454 g/mol. The summed E-state index contributed by atoms with van der Waals surface area (Å²) in [6.07, 6.45) is 0. The lowest BCUT2D eigenvalue weighted by molar-refractivity contribution is -0.143. The van der Waals surface area contributed by atoms with E-state index in [4.69, 9.17) is 4.74 Å². The van der Waals surface area contributed by atoms with Crippen molar-refractivity contribution in [2.24, 2.45) is 4.99 Å². The van der Waals surface area contributed by atoms with E-state index in [1.54, 1.807) is 31.2 Å². The molecule has 0 aliphatic heterocycles. The van der Waals surface area contributed by atoms with Crippen LogP contribution in [0.5, 0.6) is 0 Å². The number of aromatic nitrogens is 1. The molecule has 2 aromatic carbocycles. The maximum absolute atomic E-state index is 14.3. The number of esters is 1. The van der Waals surface area contributed by atoms with Gasteiger partial charge >= 0.3 is 5.97 Å². The van der Waals surface area contributed by atoms with Crippen molar-refractivity contribution in [3.8, 4) is 0 Å². The van der Waals surface area contributed by atoms with Gasteiger partial charge in [0.05, 0.1) is 22.4 Å². The van der Waals surface area contributed by atoms with Crippen LogP contribution in [0.3, 0.4) is 0 Å². The Morgan fingerprint density at radius 2 is 2.00 bits per heavy atom. The van der Waals surface area contributed by atoms with E-state index in [9.17, 15) is 18.4 Å². The van der Waals surface area contributed by atoms with Crippen LogP contribution in [-0.4, -0.2) is 23.1 Å². The van der Waals surface area contributed by atoms with Crippen LogP contribution in [0.25, 0.3) is 10.2 Å². The number of halogens is 3. The van der Waals surface area contributed by atoms with Crippen LogP contribution in [-0.2, 0) is 16.1 Å². The topological polar surface area (TPSA) is 60.7 Å². The van der Waals surface area contributed by atoms with Gasteiger partial charge in [0, 0.05) is 10.5 Å². The number of amides is 1. The van der Waals surface area contributed by atoms with Gasteiger partial charge in [-0.1, -0.05) is 23.5 Å². The summed E-state index contributed by atoms with van der Waals surface area (Å²) in [5.41, 5.74) is 0.303. The van der Waals surface area contributed by atoms with Gasteiger partial charge in [0.25, 0.3) is 5.91 Å². The van der Waals surface area contributed by atoms with Crippen LogP contribution < -0.4 is 4.80 Å². The number of hydrogen-bond donors (Lipinski definition) is 0.